The highest BCUT2D eigenvalue weighted by molar-refractivity contribution is 6.01. The number of methoxy groups -OCH3 is 1. The Bertz CT molecular complexity index is 1380. The minimum absolute atomic E-state index is 0.0852. The Hall–Kier alpha value is -3.65. The molecular formula is C31H36N2O6. The lowest BCUT2D eigenvalue weighted by molar-refractivity contribution is 0.0619. The van der Waals surface area contributed by atoms with Crippen molar-refractivity contribution in [2.45, 2.75) is 58.4 Å². The predicted molar refractivity (Wildman–Crippen MR) is 147 cm³/mol. The van der Waals surface area contributed by atoms with E-state index in [2.05, 4.69) is 30.4 Å². The van der Waals surface area contributed by atoms with Crippen molar-refractivity contribution in [2.75, 3.05) is 20.2 Å². The fourth-order valence-corrected chi connectivity index (χ4v) is 6.34. The summed E-state index contributed by atoms with van der Waals surface area (Å²) in [4.78, 5) is 41.0. The van der Waals surface area contributed by atoms with Crippen LogP contribution in [0.4, 0.5) is 9.59 Å². The molecule has 206 valence electrons. The van der Waals surface area contributed by atoms with Crippen LogP contribution < -0.4 is 4.74 Å². The second-order valence-corrected chi connectivity index (χ2v) is 10.9. The van der Waals surface area contributed by atoms with Crippen molar-refractivity contribution in [1.29, 1.82) is 0 Å². The van der Waals surface area contributed by atoms with Gasteiger partial charge in [-0.2, -0.15) is 0 Å². The topological polar surface area (TPSA) is 87.1 Å². The maximum Gasteiger partial charge on any atom is 0.513 e. The summed E-state index contributed by atoms with van der Waals surface area (Å²) < 4.78 is 17.0. The van der Waals surface area contributed by atoms with Crippen LogP contribution in [-0.4, -0.2) is 53.9 Å². The summed E-state index contributed by atoms with van der Waals surface area (Å²) in [6, 6.07) is 13.9. The molecule has 5 rings (SSSR count). The summed E-state index contributed by atoms with van der Waals surface area (Å²) in [7, 11) is 1.26. The molecule has 3 heterocycles. The van der Waals surface area contributed by atoms with Crippen molar-refractivity contribution in [2.24, 2.45) is 11.8 Å². The number of nitrogens with zero attached hydrogens (tertiary/aromatic N) is 2. The van der Waals surface area contributed by atoms with E-state index < -0.39 is 18.2 Å². The molecule has 2 aliphatic heterocycles. The minimum atomic E-state index is -0.809. The fraction of sp³-hybridized carbons (Fsp3) is 0.452. The Kier molecular flexibility index (Phi) is 7.75. The number of rotatable bonds is 5. The maximum atomic E-state index is 13.8. The summed E-state index contributed by atoms with van der Waals surface area (Å²) in [6.45, 7) is 8.66. The van der Waals surface area contributed by atoms with Gasteiger partial charge in [-0.1, -0.05) is 38.5 Å². The lowest BCUT2D eigenvalue weighted by Crippen LogP contribution is -2.46. The van der Waals surface area contributed by atoms with Crippen LogP contribution in [0.2, 0.25) is 0 Å². The van der Waals surface area contributed by atoms with E-state index in [1.54, 1.807) is 53.1 Å². The van der Waals surface area contributed by atoms with E-state index in [0.29, 0.717) is 28.7 Å². The Balaban J connectivity index is 1.61. The molecule has 2 aromatic carbocycles. The van der Waals surface area contributed by atoms with E-state index in [-0.39, 0.29) is 12.0 Å². The number of fused-ring (bicyclic) bond motifs is 6. The lowest BCUT2D eigenvalue weighted by atomic mass is 9.78. The molecule has 0 amide bonds. The van der Waals surface area contributed by atoms with Crippen molar-refractivity contribution in [3.05, 3.63) is 65.4 Å². The van der Waals surface area contributed by atoms with Crippen LogP contribution >= 0.6 is 0 Å². The molecule has 1 saturated heterocycles. The molecule has 0 N–H and O–H groups in total. The molecule has 8 heteroatoms. The first-order valence-corrected chi connectivity index (χ1v) is 13.8. The van der Waals surface area contributed by atoms with Gasteiger partial charge in [-0.3, -0.25) is 4.90 Å². The van der Waals surface area contributed by atoms with E-state index in [0.717, 1.165) is 55.4 Å². The zero-order chi connectivity index (χ0) is 27.7. The molecule has 1 aromatic heterocycles. The minimum Gasteiger partial charge on any atom is -0.437 e. The molecular weight excluding hydrogens is 496 g/mol. The number of benzene rings is 2. The zero-order valence-electron chi connectivity index (χ0n) is 23.0. The second-order valence-electron chi connectivity index (χ2n) is 10.9. The predicted octanol–water partition coefficient (Wildman–Crippen LogP) is 6.40. The fourth-order valence-electron chi connectivity index (χ4n) is 6.34. The molecule has 2 bridgehead atoms. The summed E-state index contributed by atoms with van der Waals surface area (Å²) >= 11 is 0. The maximum absolute atomic E-state index is 13.8. The van der Waals surface area contributed by atoms with Gasteiger partial charge in [0.2, 0.25) is 0 Å². The van der Waals surface area contributed by atoms with Crippen LogP contribution in [0.25, 0.3) is 10.9 Å². The normalized spacial score (nSPS) is 22.9. The van der Waals surface area contributed by atoms with Gasteiger partial charge in [0.25, 0.3) is 0 Å². The number of hydrogen-bond donors (Lipinski definition) is 0. The molecule has 1 fully saturated rings. The van der Waals surface area contributed by atoms with Crippen LogP contribution in [0.5, 0.6) is 5.75 Å². The molecule has 39 heavy (non-hydrogen) atoms. The first kappa shape index (κ1) is 26.9. The first-order valence-electron chi connectivity index (χ1n) is 13.8. The van der Waals surface area contributed by atoms with Gasteiger partial charge in [0, 0.05) is 36.1 Å². The average molecular weight is 533 g/mol. The zero-order valence-corrected chi connectivity index (χ0v) is 23.0. The standard InChI is InChI=1S/C31H36N2O6/c1-5-19(2)15-21-16-25-20(3)32(18-21)14-13-24-26-17-23(38-31(36)37-4)11-12-27(26)33(28(24)25)30(35)39-29(34)22-9-7-6-8-10-22/h6-12,17,19-21,25H,5,13-16,18H2,1-4H3/t19?,20?,21-,25+/m0/s1. The van der Waals surface area contributed by atoms with E-state index in [4.69, 9.17) is 9.47 Å². The molecule has 0 radical (unpaired) electrons. The van der Waals surface area contributed by atoms with Crippen LogP contribution in [0.1, 0.15) is 67.6 Å². The number of esters is 1. The number of carbonyl (C=O) groups excluding carboxylic acids is 3. The Morgan fingerprint density at radius 3 is 2.59 bits per heavy atom. The smallest absolute Gasteiger partial charge is 0.437 e. The number of hydrogen-bond acceptors (Lipinski definition) is 7. The van der Waals surface area contributed by atoms with Crippen molar-refractivity contribution in [1.82, 2.24) is 9.47 Å². The van der Waals surface area contributed by atoms with E-state index in [1.807, 2.05) is 0 Å². The van der Waals surface area contributed by atoms with Crippen molar-refractivity contribution >= 4 is 29.1 Å². The Labute approximate surface area is 228 Å². The van der Waals surface area contributed by atoms with Crippen LogP contribution in [0.3, 0.4) is 0 Å². The van der Waals surface area contributed by atoms with Crippen LogP contribution in [-0.2, 0) is 15.9 Å². The third-order valence-electron chi connectivity index (χ3n) is 8.50. The van der Waals surface area contributed by atoms with Gasteiger partial charge in [-0.05, 0) is 73.9 Å². The monoisotopic (exact) mass is 532 g/mol. The second kappa shape index (κ2) is 11.2. The molecule has 0 aliphatic carbocycles. The summed E-state index contributed by atoms with van der Waals surface area (Å²) in [5, 5.41) is 0.815. The molecule has 8 nitrogen and oxygen atoms in total. The largest absolute Gasteiger partial charge is 0.513 e. The van der Waals surface area contributed by atoms with Gasteiger partial charge in [0.05, 0.1) is 18.2 Å². The highest BCUT2D eigenvalue weighted by atomic mass is 16.7. The van der Waals surface area contributed by atoms with Crippen LogP contribution in [0, 0.1) is 11.8 Å². The highest BCUT2D eigenvalue weighted by Gasteiger charge is 2.41. The molecule has 3 unspecified atom stereocenters. The average Bonchev–Trinajstić information content (AvgIpc) is 3.23. The van der Waals surface area contributed by atoms with Gasteiger partial charge < -0.3 is 14.2 Å². The van der Waals surface area contributed by atoms with E-state index >= 15 is 0 Å². The Morgan fingerprint density at radius 2 is 1.87 bits per heavy atom. The number of piperidine rings is 1. The van der Waals surface area contributed by atoms with Crippen molar-refractivity contribution < 1.29 is 28.6 Å². The molecule has 5 atom stereocenters. The van der Waals surface area contributed by atoms with E-state index in [1.165, 1.54) is 7.11 Å². The first-order chi connectivity index (χ1) is 18.8. The third kappa shape index (κ3) is 5.30. The quantitative estimate of drug-likeness (QED) is 0.214. The third-order valence-corrected chi connectivity index (χ3v) is 8.50. The molecule has 0 spiro atoms. The molecule has 0 saturated carbocycles. The van der Waals surface area contributed by atoms with E-state index in [9.17, 15) is 14.4 Å². The summed E-state index contributed by atoms with van der Waals surface area (Å²) in [6.07, 6.45) is 2.44. The molecule has 2 aliphatic rings. The highest BCUT2D eigenvalue weighted by Crippen LogP contribution is 2.45. The number of ether oxygens (including phenoxy) is 3. The van der Waals surface area contributed by atoms with Gasteiger partial charge >= 0.3 is 18.2 Å². The van der Waals surface area contributed by atoms with Gasteiger partial charge in [0.15, 0.2) is 0 Å². The Morgan fingerprint density at radius 1 is 1.10 bits per heavy atom. The summed E-state index contributed by atoms with van der Waals surface area (Å²) in [5.74, 6) is 0.867. The summed E-state index contributed by atoms with van der Waals surface area (Å²) in [5.41, 5.74) is 2.88. The van der Waals surface area contributed by atoms with Crippen molar-refractivity contribution in [3.8, 4) is 5.75 Å². The number of aromatic nitrogens is 1. The SMILES string of the molecule is CCC(C)C[C@H]1C[C@H]2c3c(c4cc(OC(=O)OC)ccc4n3C(=O)OC(=O)c3ccccc3)CCN(C1)C2C. The van der Waals surface area contributed by atoms with Crippen molar-refractivity contribution in [3.63, 3.8) is 0 Å². The lowest BCUT2D eigenvalue weighted by Gasteiger charge is -2.42. The molecule has 3 aromatic rings. The van der Waals surface area contributed by atoms with Gasteiger partial charge in [-0.25, -0.2) is 19.0 Å². The van der Waals surface area contributed by atoms with Gasteiger partial charge in [0.1, 0.15) is 5.75 Å². The van der Waals surface area contributed by atoms with Gasteiger partial charge in [-0.15, -0.1) is 0 Å². The van der Waals surface area contributed by atoms with Crippen LogP contribution in [0.15, 0.2) is 48.5 Å². The number of carbonyl (C=O) groups is 3.